The molecule has 2 amide bonds. The molecule has 1 aliphatic heterocycles. The van der Waals surface area contributed by atoms with Gasteiger partial charge in [0.2, 0.25) is 5.91 Å². The Bertz CT molecular complexity index is 1760. The zero-order valence-corrected chi connectivity index (χ0v) is 33.6. The van der Waals surface area contributed by atoms with Gasteiger partial charge in [-0.25, -0.2) is 0 Å². The molecule has 7 rings (SSSR count). The molecular formula is C40H53BrN4O6S. The van der Waals surface area contributed by atoms with Crippen molar-refractivity contribution in [3.05, 3.63) is 68.3 Å². The van der Waals surface area contributed by atoms with E-state index in [4.69, 9.17) is 9.57 Å². The van der Waals surface area contributed by atoms with Crippen molar-refractivity contribution in [3.63, 3.8) is 0 Å². The topological polar surface area (TPSA) is 124 Å². The Labute approximate surface area is 320 Å². The maximum absolute atomic E-state index is 14.2. The number of benzene rings is 2. The minimum Gasteiger partial charge on any atom is -0.496 e. The van der Waals surface area contributed by atoms with E-state index < -0.39 is 24.2 Å². The fourth-order valence-corrected chi connectivity index (χ4v) is 10.3. The molecule has 1 saturated heterocycles. The van der Waals surface area contributed by atoms with Crippen molar-refractivity contribution in [2.24, 2.45) is 29.1 Å². The molecule has 10 nitrogen and oxygen atoms in total. The second kappa shape index (κ2) is 15.8. The van der Waals surface area contributed by atoms with Crippen molar-refractivity contribution in [2.75, 3.05) is 39.3 Å². The van der Waals surface area contributed by atoms with Crippen molar-refractivity contribution in [3.8, 4) is 16.9 Å². The first-order valence-electron chi connectivity index (χ1n) is 18.3. The van der Waals surface area contributed by atoms with E-state index in [0.29, 0.717) is 35.6 Å². The highest BCUT2D eigenvalue weighted by Gasteiger charge is 2.57. The summed E-state index contributed by atoms with van der Waals surface area (Å²) in [6, 6.07) is 12.9. The Kier molecular flexibility index (Phi) is 11.7. The van der Waals surface area contributed by atoms with Crippen molar-refractivity contribution >= 4 is 44.8 Å². The van der Waals surface area contributed by atoms with Gasteiger partial charge in [0.25, 0.3) is 5.91 Å². The van der Waals surface area contributed by atoms with E-state index in [1.54, 1.807) is 30.4 Å². The monoisotopic (exact) mass is 796 g/mol. The minimum absolute atomic E-state index is 0.0417. The first kappa shape index (κ1) is 38.7. The SMILES string of the molecule is COc1c(CN2O[C@@H](CO)[C@H]([C@H](C)O)[C@H]2C(=O)N[C@H]2C[C@H]3C[C@@H]([C@@H]2C)C3(C)C)cccc1-c1cc(C(=O)NCCc2cc(Br)cs2)cc(N(C)C)c1. The lowest BCUT2D eigenvalue weighted by molar-refractivity contribution is -0.183. The molecule has 52 heavy (non-hydrogen) atoms. The average molecular weight is 798 g/mol. The van der Waals surface area contributed by atoms with E-state index in [1.165, 1.54) is 11.3 Å². The van der Waals surface area contributed by atoms with Gasteiger partial charge < -0.3 is 30.5 Å². The number of aliphatic hydroxyl groups excluding tert-OH is 2. The van der Waals surface area contributed by atoms with Crippen LogP contribution in [-0.2, 0) is 22.6 Å². The lowest BCUT2D eigenvalue weighted by Crippen LogP contribution is -2.62. The molecule has 12 heteroatoms. The smallest absolute Gasteiger partial charge is 0.251 e. The van der Waals surface area contributed by atoms with Crippen LogP contribution in [-0.4, -0.2) is 85.7 Å². The molecule has 2 heterocycles. The van der Waals surface area contributed by atoms with Gasteiger partial charge in [-0.15, -0.1) is 11.3 Å². The van der Waals surface area contributed by atoms with Gasteiger partial charge >= 0.3 is 0 Å². The van der Waals surface area contributed by atoms with Crippen molar-refractivity contribution in [1.82, 2.24) is 15.7 Å². The maximum atomic E-state index is 14.2. The fraction of sp³-hybridized carbons (Fsp3) is 0.550. The third-order valence-corrected chi connectivity index (χ3v) is 13.7. The predicted octanol–water partition coefficient (Wildman–Crippen LogP) is 5.89. The van der Waals surface area contributed by atoms with Crippen LogP contribution in [0.25, 0.3) is 11.1 Å². The number of hydroxylamine groups is 2. The fourth-order valence-electron chi connectivity index (χ4n) is 8.87. The minimum atomic E-state index is -0.896. The van der Waals surface area contributed by atoms with E-state index in [9.17, 15) is 19.8 Å². The highest BCUT2D eigenvalue weighted by molar-refractivity contribution is 9.10. The van der Waals surface area contributed by atoms with Gasteiger partial charge in [0.1, 0.15) is 17.9 Å². The Morgan fingerprint density at radius 3 is 2.58 bits per heavy atom. The number of hydrogen-bond acceptors (Lipinski definition) is 9. The third-order valence-electron chi connectivity index (χ3n) is 12.0. The van der Waals surface area contributed by atoms with Crippen LogP contribution in [0.1, 0.15) is 61.3 Å². The van der Waals surface area contributed by atoms with Gasteiger partial charge in [0, 0.05) is 69.7 Å². The Morgan fingerprint density at radius 1 is 1.19 bits per heavy atom. The van der Waals surface area contributed by atoms with Gasteiger partial charge in [0.15, 0.2) is 0 Å². The number of hydrogen-bond donors (Lipinski definition) is 4. The predicted molar refractivity (Wildman–Crippen MR) is 208 cm³/mol. The maximum Gasteiger partial charge on any atom is 0.251 e. The van der Waals surface area contributed by atoms with Crippen LogP contribution < -0.4 is 20.3 Å². The van der Waals surface area contributed by atoms with Crippen LogP contribution in [0.4, 0.5) is 5.69 Å². The first-order valence-corrected chi connectivity index (χ1v) is 19.9. The van der Waals surface area contributed by atoms with E-state index in [0.717, 1.165) is 39.7 Å². The lowest BCUT2D eigenvalue weighted by atomic mass is 9.45. The number of halogens is 1. The first-order chi connectivity index (χ1) is 24.7. The molecule has 0 radical (unpaired) electrons. The standard InChI is InChI=1S/C40H53BrN4O6S/c1-22-32-16-27(40(32,3)4)17-33(22)43-39(49)36-35(23(2)47)34(20-46)51-45(36)19-24-9-8-10-31(37(24)50-7)25-13-26(15-29(14-25)44(5)6)38(48)42-12-11-30-18-28(41)21-52-30/h8-10,13-15,18,21-23,27,32-36,46-47H,11-12,16-17,19-20H2,1-7H3,(H,42,48)(H,43,49)/t22-,23-,27+,32-,33-,34-,35-,36-/m0/s1. The van der Waals surface area contributed by atoms with E-state index in [2.05, 4.69) is 53.4 Å². The van der Waals surface area contributed by atoms with Crippen molar-refractivity contribution in [1.29, 1.82) is 0 Å². The number of carbonyl (C=O) groups excluding carboxylic acids is 2. The molecule has 3 aromatic rings. The molecule has 0 spiro atoms. The zero-order chi connectivity index (χ0) is 37.5. The number of rotatable bonds is 13. The molecule has 4 N–H and O–H groups in total. The van der Waals surface area contributed by atoms with Crippen LogP contribution in [0, 0.1) is 29.1 Å². The highest BCUT2D eigenvalue weighted by atomic mass is 79.9. The van der Waals surface area contributed by atoms with Crippen molar-refractivity contribution < 1.29 is 29.4 Å². The lowest BCUT2D eigenvalue weighted by Gasteiger charge is -2.62. The van der Waals surface area contributed by atoms with Crippen LogP contribution in [0.3, 0.4) is 0 Å². The summed E-state index contributed by atoms with van der Waals surface area (Å²) >= 11 is 5.15. The number of methoxy groups -OCH3 is 1. The molecule has 3 saturated carbocycles. The van der Waals surface area contributed by atoms with Gasteiger partial charge in [-0.2, -0.15) is 5.06 Å². The van der Waals surface area contributed by atoms with Crippen LogP contribution in [0.15, 0.2) is 52.3 Å². The van der Waals surface area contributed by atoms with Gasteiger partial charge in [-0.3, -0.25) is 14.4 Å². The van der Waals surface area contributed by atoms with E-state index in [-0.39, 0.29) is 36.4 Å². The average Bonchev–Trinajstić information content (AvgIpc) is 3.71. The zero-order valence-electron chi connectivity index (χ0n) is 31.2. The molecule has 3 aliphatic carbocycles. The second-order valence-corrected chi connectivity index (χ2v) is 17.5. The molecule has 8 atom stereocenters. The summed E-state index contributed by atoms with van der Waals surface area (Å²) in [6.45, 7) is 8.91. The highest BCUT2D eigenvalue weighted by Crippen LogP contribution is 2.61. The molecule has 2 bridgehead atoms. The van der Waals surface area contributed by atoms with Gasteiger partial charge in [-0.05, 0) is 95.1 Å². The number of amides is 2. The quantitative estimate of drug-likeness (QED) is 0.169. The van der Waals surface area contributed by atoms with E-state index in [1.807, 2.05) is 60.8 Å². The Morgan fingerprint density at radius 2 is 1.96 bits per heavy atom. The molecule has 1 aromatic heterocycles. The number of nitrogens with one attached hydrogen (secondary N) is 2. The van der Waals surface area contributed by atoms with Gasteiger partial charge in [0.05, 0.1) is 26.4 Å². The summed E-state index contributed by atoms with van der Waals surface area (Å²) in [7, 11) is 5.48. The number of ether oxygens (including phenoxy) is 1. The number of thiophene rings is 1. The molecular weight excluding hydrogens is 744 g/mol. The number of para-hydroxylation sites is 1. The number of carbonyl (C=O) groups is 2. The third kappa shape index (κ3) is 7.65. The summed E-state index contributed by atoms with van der Waals surface area (Å²) in [4.78, 5) is 37.1. The summed E-state index contributed by atoms with van der Waals surface area (Å²) in [5, 5.41) is 31.3. The van der Waals surface area contributed by atoms with Gasteiger partial charge in [-0.1, -0.05) is 39.0 Å². The van der Waals surface area contributed by atoms with E-state index >= 15 is 0 Å². The molecule has 4 fully saturated rings. The second-order valence-electron chi connectivity index (χ2n) is 15.6. The number of fused-ring (bicyclic) bond motifs is 2. The largest absolute Gasteiger partial charge is 0.496 e. The summed E-state index contributed by atoms with van der Waals surface area (Å²) in [6.07, 6.45) is 1.23. The van der Waals surface area contributed by atoms with Crippen LogP contribution >= 0.6 is 27.3 Å². The Balaban J connectivity index is 1.26. The Hall–Kier alpha value is -3.00. The number of aliphatic hydroxyl groups is 2. The molecule has 282 valence electrons. The summed E-state index contributed by atoms with van der Waals surface area (Å²) in [5.74, 6) is 1.05. The molecule has 0 unspecified atom stereocenters. The normalized spacial score (nSPS) is 27.1. The summed E-state index contributed by atoms with van der Waals surface area (Å²) in [5.41, 5.74) is 4.03. The van der Waals surface area contributed by atoms with Crippen LogP contribution in [0.2, 0.25) is 0 Å². The van der Waals surface area contributed by atoms with Crippen molar-refractivity contribution in [2.45, 2.75) is 77.8 Å². The van der Waals surface area contributed by atoms with Crippen LogP contribution in [0.5, 0.6) is 5.75 Å². The number of anilines is 1. The summed E-state index contributed by atoms with van der Waals surface area (Å²) < 4.78 is 7.09. The molecule has 2 aromatic carbocycles. The molecule has 4 aliphatic rings. The number of nitrogens with zero attached hydrogens (tertiary/aromatic N) is 2.